The number of fused-ring (bicyclic) bond motifs is 1. The fraction of sp³-hybridized carbons (Fsp3) is 0.350. The third kappa shape index (κ3) is 3.94. The quantitative estimate of drug-likeness (QED) is 0.486. The number of anilines is 1. The molecule has 1 saturated heterocycles. The van der Waals surface area contributed by atoms with E-state index in [0.29, 0.717) is 10.9 Å². The molecule has 27 heavy (non-hydrogen) atoms. The minimum Gasteiger partial charge on any atom is -0.370 e. The summed E-state index contributed by atoms with van der Waals surface area (Å²) in [5.74, 6) is 1.36. The van der Waals surface area contributed by atoms with E-state index < -0.39 is 0 Å². The Hall–Kier alpha value is -2.12. The Kier molecular flexibility index (Phi) is 5.59. The lowest BCUT2D eigenvalue weighted by Crippen LogP contribution is -2.31. The molecule has 0 spiro atoms. The topological polar surface area (TPSA) is 58.1 Å². The molecule has 2 aromatic heterocycles. The molecule has 0 saturated carbocycles. The summed E-state index contributed by atoms with van der Waals surface area (Å²) in [5.41, 5.74) is 0.899. The SMILES string of the molecule is CCNc1nc(SCC(=O)N2CCCC2c2cccs2)nc2ccccc12. The summed E-state index contributed by atoms with van der Waals surface area (Å²) in [6, 6.07) is 12.4. The molecule has 1 N–H and O–H groups in total. The first-order valence-electron chi connectivity index (χ1n) is 9.22. The molecule has 5 nitrogen and oxygen atoms in total. The fourth-order valence-corrected chi connectivity index (χ4v) is 5.08. The summed E-state index contributed by atoms with van der Waals surface area (Å²) in [5, 5.41) is 7.03. The van der Waals surface area contributed by atoms with E-state index in [9.17, 15) is 4.79 Å². The maximum absolute atomic E-state index is 12.8. The summed E-state index contributed by atoms with van der Waals surface area (Å²) in [7, 11) is 0. The third-order valence-electron chi connectivity index (χ3n) is 4.70. The number of aromatic nitrogens is 2. The molecule has 3 aromatic rings. The molecule has 1 aliphatic rings. The normalized spacial score (nSPS) is 16.8. The van der Waals surface area contributed by atoms with Crippen LogP contribution in [0, 0.1) is 0 Å². The van der Waals surface area contributed by atoms with Gasteiger partial charge in [0.05, 0.1) is 17.3 Å². The smallest absolute Gasteiger partial charge is 0.233 e. The van der Waals surface area contributed by atoms with E-state index >= 15 is 0 Å². The van der Waals surface area contributed by atoms with Crippen molar-refractivity contribution >= 4 is 45.7 Å². The molecule has 1 aromatic carbocycles. The van der Waals surface area contributed by atoms with Crippen molar-refractivity contribution in [3.8, 4) is 0 Å². The van der Waals surface area contributed by atoms with Gasteiger partial charge in [0.2, 0.25) is 5.91 Å². The number of thiophene rings is 1. The number of benzene rings is 1. The maximum Gasteiger partial charge on any atom is 0.233 e. The van der Waals surface area contributed by atoms with E-state index in [0.717, 1.165) is 42.7 Å². The van der Waals surface area contributed by atoms with Crippen LogP contribution in [0.1, 0.15) is 30.7 Å². The van der Waals surface area contributed by atoms with Crippen LogP contribution in [0.2, 0.25) is 0 Å². The highest BCUT2D eigenvalue weighted by molar-refractivity contribution is 7.99. The average molecular weight is 399 g/mol. The molecule has 7 heteroatoms. The van der Waals surface area contributed by atoms with Gasteiger partial charge in [0.25, 0.3) is 0 Å². The molecular weight excluding hydrogens is 376 g/mol. The van der Waals surface area contributed by atoms with Crippen LogP contribution in [0.25, 0.3) is 10.9 Å². The Morgan fingerprint density at radius 2 is 2.19 bits per heavy atom. The largest absolute Gasteiger partial charge is 0.370 e. The van der Waals surface area contributed by atoms with Crippen molar-refractivity contribution in [1.29, 1.82) is 0 Å². The fourth-order valence-electron chi connectivity index (χ4n) is 3.47. The molecule has 3 heterocycles. The zero-order valence-electron chi connectivity index (χ0n) is 15.2. The third-order valence-corrected chi connectivity index (χ3v) is 6.50. The highest BCUT2D eigenvalue weighted by atomic mass is 32.2. The lowest BCUT2D eigenvalue weighted by molar-refractivity contribution is -0.129. The van der Waals surface area contributed by atoms with Crippen molar-refractivity contribution in [3.05, 3.63) is 46.7 Å². The highest BCUT2D eigenvalue weighted by Gasteiger charge is 2.30. The van der Waals surface area contributed by atoms with E-state index in [1.165, 1.54) is 16.6 Å². The number of likely N-dealkylation sites (tertiary alicyclic amines) is 1. The number of carbonyl (C=O) groups excluding carboxylic acids is 1. The van der Waals surface area contributed by atoms with Crippen molar-refractivity contribution in [3.63, 3.8) is 0 Å². The van der Waals surface area contributed by atoms with Crippen LogP contribution in [0.4, 0.5) is 5.82 Å². The predicted octanol–water partition coefficient (Wildman–Crippen LogP) is 4.58. The summed E-state index contributed by atoms with van der Waals surface area (Å²) in [6.45, 7) is 3.68. The second kappa shape index (κ2) is 8.27. The lowest BCUT2D eigenvalue weighted by Gasteiger charge is -2.23. The minimum absolute atomic E-state index is 0.164. The standard InChI is InChI=1S/C20H22N4OS2/c1-2-21-19-14-7-3-4-8-15(14)22-20(23-19)27-13-18(25)24-11-5-9-16(24)17-10-6-12-26-17/h3-4,6-8,10,12,16H,2,5,9,11,13H2,1H3,(H,21,22,23). The number of para-hydroxylation sites is 1. The number of nitrogens with one attached hydrogen (secondary N) is 1. The van der Waals surface area contributed by atoms with Gasteiger partial charge in [-0.05, 0) is 43.3 Å². The number of hydrogen-bond acceptors (Lipinski definition) is 6. The number of thioether (sulfide) groups is 1. The predicted molar refractivity (Wildman–Crippen MR) is 112 cm³/mol. The van der Waals surface area contributed by atoms with Gasteiger partial charge in [0, 0.05) is 23.4 Å². The summed E-state index contributed by atoms with van der Waals surface area (Å²) >= 11 is 3.15. The molecule has 4 rings (SSSR count). The van der Waals surface area contributed by atoms with Crippen LogP contribution < -0.4 is 5.32 Å². The number of rotatable bonds is 6. The van der Waals surface area contributed by atoms with E-state index in [1.807, 2.05) is 36.1 Å². The van der Waals surface area contributed by atoms with E-state index in [-0.39, 0.29) is 11.9 Å². The Bertz CT molecular complexity index is 929. The molecule has 140 valence electrons. The van der Waals surface area contributed by atoms with Gasteiger partial charge in [-0.3, -0.25) is 4.79 Å². The Morgan fingerprint density at radius 1 is 1.30 bits per heavy atom. The maximum atomic E-state index is 12.8. The van der Waals surface area contributed by atoms with Gasteiger partial charge in [-0.1, -0.05) is 30.0 Å². The summed E-state index contributed by atoms with van der Waals surface area (Å²) < 4.78 is 0. The lowest BCUT2D eigenvalue weighted by atomic mass is 10.2. The van der Waals surface area contributed by atoms with Gasteiger partial charge >= 0.3 is 0 Å². The van der Waals surface area contributed by atoms with Crippen LogP contribution in [-0.2, 0) is 4.79 Å². The molecule has 1 amide bonds. The number of nitrogens with zero attached hydrogens (tertiary/aromatic N) is 3. The number of carbonyl (C=O) groups is 1. The van der Waals surface area contributed by atoms with Crippen LogP contribution in [0.5, 0.6) is 0 Å². The van der Waals surface area contributed by atoms with Gasteiger partial charge in [0.15, 0.2) is 5.16 Å². The molecule has 1 fully saturated rings. The van der Waals surface area contributed by atoms with Crippen molar-refractivity contribution in [2.75, 3.05) is 24.2 Å². The molecule has 0 aliphatic carbocycles. The second-order valence-electron chi connectivity index (χ2n) is 6.45. The van der Waals surface area contributed by atoms with Gasteiger partial charge in [0.1, 0.15) is 5.82 Å². The molecule has 1 atom stereocenters. The minimum atomic E-state index is 0.164. The Balaban J connectivity index is 1.49. The van der Waals surface area contributed by atoms with Crippen LogP contribution >= 0.6 is 23.1 Å². The highest BCUT2D eigenvalue weighted by Crippen LogP contribution is 2.35. The molecular formula is C20H22N4OS2. The van der Waals surface area contributed by atoms with Crippen LogP contribution in [0.15, 0.2) is 46.9 Å². The zero-order valence-corrected chi connectivity index (χ0v) is 16.9. The first-order chi connectivity index (χ1) is 13.3. The molecule has 0 bridgehead atoms. The number of amides is 1. The Morgan fingerprint density at radius 3 is 3.00 bits per heavy atom. The second-order valence-corrected chi connectivity index (χ2v) is 8.37. The first-order valence-corrected chi connectivity index (χ1v) is 11.1. The van der Waals surface area contributed by atoms with E-state index in [4.69, 9.17) is 0 Å². The van der Waals surface area contributed by atoms with Crippen molar-refractivity contribution in [2.24, 2.45) is 0 Å². The molecule has 0 radical (unpaired) electrons. The summed E-state index contributed by atoms with van der Waals surface area (Å²) in [6.07, 6.45) is 2.12. The monoisotopic (exact) mass is 398 g/mol. The van der Waals surface area contributed by atoms with E-state index in [2.05, 4.69) is 32.8 Å². The van der Waals surface area contributed by atoms with E-state index in [1.54, 1.807) is 11.3 Å². The van der Waals surface area contributed by atoms with Gasteiger partial charge < -0.3 is 10.2 Å². The van der Waals surface area contributed by atoms with Gasteiger partial charge in [-0.25, -0.2) is 9.97 Å². The first kappa shape index (κ1) is 18.3. The van der Waals surface area contributed by atoms with Gasteiger partial charge in [-0.15, -0.1) is 11.3 Å². The zero-order chi connectivity index (χ0) is 18.6. The Labute approximate surface area is 167 Å². The number of hydrogen-bond donors (Lipinski definition) is 1. The van der Waals surface area contributed by atoms with Crippen molar-refractivity contribution < 1.29 is 4.79 Å². The van der Waals surface area contributed by atoms with Crippen LogP contribution in [-0.4, -0.2) is 39.6 Å². The average Bonchev–Trinajstić information content (AvgIpc) is 3.37. The van der Waals surface area contributed by atoms with Crippen molar-refractivity contribution in [1.82, 2.24) is 14.9 Å². The van der Waals surface area contributed by atoms with Crippen molar-refractivity contribution in [2.45, 2.75) is 31.0 Å². The van der Waals surface area contributed by atoms with Crippen LogP contribution in [0.3, 0.4) is 0 Å². The molecule has 1 unspecified atom stereocenters. The molecule has 1 aliphatic heterocycles. The summed E-state index contributed by atoms with van der Waals surface area (Å²) in [4.78, 5) is 25.4. The van der Waals surface area contributed by atoms with Gasteiger partial charge in [-0.2, -0.15) is 0 Å².